The summed E-state index contributed by atoms with van der Waals surface area (Å²) in [5.74, 6) is 1.22. The van der Waals surface area contributed by atoms with Gasteiger partial charge in [-0.1, -0.05) is 20.8 Å². The van der Waals surface area contributed by atoms with Crippen molar-refractivity contribution in [1.29, 1.82) is 0 Å². The van der Waals surface area contributed by atoms with E-state index in [2.05, 4.69) is 31.2 Å². The molecule has 1 N–H and O–H groups in total. The third kappa shape index (κ3) is 3.48. The number of hydrogen-bond acceptors (Lipinski definition) is 4. The Kier molecular flexibility index (Phi) is 6.31. The fourth-order valence-electron chi connectivity index (χ4n) is 2.49. The Labute approximate surface area is 116 Å². The molecule has 0 aliphatic heterocycles. The summed E-state index contributed by atoms with van der Waals surface area (Å²) in [6.07, 6.45) is 2.89. The molecule has 0 radical (unpaired) electrons. The van der Waals surface area contributed by atoms with Gasteiger partial charge in [-0.15, -0.1) is 0 Å². The summed E-state index contributed by atoms with van der Waals surface area (Å²) in [4.78, 5) is 0. The first-order valence-electron chi connectivity index (χ1n) is 6.90. The Morgan fingerprint density at radius 2 is 2.05 bits per heavy atom. The number of nitrogens with one attached hydrogen (secondary N) is 1. The molecule has 1 heterocycles. The Morgan fingerprint density at radius 3 is 2.47 bits per heavy atom. The van der Waals surface area contributed by atoms with E-state index in [1.54, 1.807) is 20.4 Å². The first kappa shape index (κ1) is 16.0. The number of ether oxygens (including phenoxy) is 2. The highest BCUT2D eigenvalue weighted by atomic mass is 16.5. The molecule has 2 unspecified atom stereocenters. The lowest BCUT2D eigenvalue weighted by molar-refractivity contribution is 0.0316. The van der Waals surface area contributed by atoms with Crippen molar-refractivity contribution in [2.45, 2.75) is 45.9 Å². The van der Waals surface area contributed by atoms with Gasteiger partial charge in [-0.05, 0) is 19.4 Å². The first-order valence-corrected chi connectivity index (χ1v) is 6.90. The zero-order valence-electron chi connectivity index (χ0n) is 12.9. The van der Waals surface area contributed by atoms with E-state index >= 15 is 0 Å². The predicted molar refractivity (Wildman–Crippen MR) is 76.5 cm³/mol. The van der Waals surface area contributed by atoms with Crippen molar-refractivity contribution in [1.82, 2.24) is 15.1 Å². The summed E-state index contributed by atoms with van der Waals surface area (Å²) in [6, 6.07) is 0.0639. The molecule has 0 aromatic carbocycles. The predicted octanol–water partition coefficient (Wildman–Crippen LogP) is 2.23. The van der Waals surface area contributed by atoms with E-state index in [1.165, 1.54) is 0 Å². The second-order valence-electron chi connectivity index (χ2n) is 5.03. The third-order valence-corrected chi connectivity index (χ3v) is 3.36. The topological polar surface area (TPSA) is 48.3 Å². The maximum Gasteiger partial charge on any atom is 0.161 e. The van der Waals surface area contributed by atoms with E-state index in [4.69, 9.17) is 9.47 Å². The molecule has 0 aliphatic carbocycles. The molecular weight excluding hydrogens is 242 g/mol. The van der Waals surface area contributed by atoms with Crippen molar-refractivity contribution in [3.05, 3.63) is 11.9 Å². The summed E-state index contributed by atoms with van der Waals surface area (Å²) >= 11 is 0. The van der Waals surface area contributed by atoms with E-state index in [9.17, 15) is 0 Å². The summed E-state index contributed by atoms with van der Waals surface area (Å²) in [5, 5.41) is 7.76. The van der Waals surface area contributed by atoms with Crippen molar-refractivity contribution in [2.75, 3.05) is 21.3 Å². The number of nitrogens with zero attached hydrogens (tertiary/aromatic N) is 2. The lowest BCUT2D eigenvalue weighted by atomic mass is 9.96. The number of hydrogen-bond donors (Lipinski definition) is 1. The van der Waals surface area contributed by atoms with Crippen LogP contribution in [0.5, 0.6) is 5.75 Å². The van der Waals surface area contributed by atoms with E-state index < -0.39 is 0 Å². The lowest BCUT2D eigenvalue weighted by Gasteiger charge is -2.29. The molecule has 5 nitrogen and oxygen atoms in total. The van der Waals surface area contributed by atoms with E-state index in [-0.39, 0.29) is 12.1 Å². The van der Waals surface area contributed by atoms with Crippen molar-refractivity contribution >= 4 is 0 Å². The van der Waals surface area contributed by atoms with Crippen LogP contribution in [0, 0.1) is 5.92 Å². The molecule has 0 saturated heterocycles. The van der Waals surface area contributed by atoms with Crippen molar-refractivity contribution in [3.8, 4) is 5.75 Å². The smallest absolute Gasteiger partial charge is 0.161 e. The molecule has 19 heavy (non-hydrogen) atoms. The van der Waals surface area contributed by atoms with Gasteiger partial charge in [-0.2, -0.15) is 5.10 Å². The van der Waals surface area contributed by atoms with Crippen LogP contribution in [-0.4, -0.2) is 37.2 Å². The maximum absolute atomic E-state index is 5.66. The summed E-state index contributed by atoms with van der Waals surface area (Å²) in [7, 11) is 5.38. The van der Waals surface area contributed by atoms with Gasteiger partial charge in [-0.25, -0.2) is 0 Å². The Bertz CT molecular complexity index is 377. The minimum atomic E-state index is 0.0639. The number of likely N-dealkylation sites (N-methyl/N-ethyl adjacent to an activating group) is 1. The minimum Gasteiger partial charge on any atom is -0.493 e. The van der Waals surface area contributed by atoms with Crippen LogP contribution in [0.1, 0.15) is 38.9 Å². The van der Waals surface area contributed by atoms with E-state index in [0.717, 1.165) is 24.4 Å². The number of aromatic nitrogens is 2. The van der Waals surface area contributed by atoms with Gasteiger partial charge in [0.1, 0.15) is 0 Å². The molecule has 0 amide bonds. The zero-order valence-corrected chi connectivity index (χ0v) is 12.9. The average Bonchev–Trinajstić information content (AvgIpc) is 2.78. The van der Waals surface area contributed by atoms with Gasteiger partial charge < -0.3 is 14.8 Å². The van der Waals surface area contributed by atoms with Gasteiger partial charge in [-0.3, -0.25) is 4.68 Å². The van der Waals surface area contributed by atoms with Crippen LogP contribution in [0.4, 0.5) is 0 Å². The standard InChI is InChI=1S/C14H27N3O2/c1-7-8-17-13(11(18-5)9-16-17)12(15-4)14(19-6)10(2)3/h9-10,12,14-15H,7-8H2,1-6H3. The van der Waals surface area contributed by atoms with Crippen LogP contribution in [0.15, 0.2) is 6.20 Å². The highest BCUT2D eigenvalue weighted by Crippen LogP contribution is 2.31. The van der Waals surface area contributed by atoms with Crippen molar-refractivity contribution in [2.24, 2.45) is 5.92 Å². The van der Waals surface area contributed by atoms with Gasteiger partial charge >= 0.3 is 0 Å². The SMILES string of the molecule is CCCn1ncc(OC)c1C(NC)C(OC)C(C)C. The fraction of sp³-hybridized carbons (Fsp3) is 0.786. The number of rotatable bonds is 8. The normalized spacial score (nSPS) is 14.7. The molecule has 0 saturated carbocycles. The Hall–Kier alpha value is -1.07. The second-order valence-corrected chi connectivity index (χ2v) is 5.03. The maximum atomic E-state index is 5.66. The van der Waals surface area contributed by atoms with Gasteiger partial charge in [0.25, 0.3) is 0 Å². The van der Waals surface area contributed by atoms with Crippen LogP contribution in [0.3, 0.4) is 0 Å². The molecule has 0 bridgehead atoms. The number of methoxy groups -OCH3 is 2. The molecule has 2 atom stereocenters. The first-order chi connectivity index (χ1) is 9.10. The van der Waals surface area contributed by atoms with Crippen LogP contribution in [-0.2, 0) is 11.3 Å². The highest BCUT2D eigenvalue weighted by molar-refractivity contribution is 5.29. The van der Waals surface area contributed by atoms with Crippen LogP contribution in [0.2, 0.25) is 0 Å². The molecule has 0 aliphatic rings. The molecule has 1 aromatic heterocycles. The second kappa shape index (κ2) is 7.50. The lowest BCUT2D eigenvalue weighted by Crippen LogP contribution is -2.36. The molecule has 1 rings (SSSR count). The quantitative estimate of drug-likeness (QED) is 0.786. The fourth-order valence-corrected chi connectivity index (χ4v) is 2.49. The Balaban J connectivity index is 3.17. The van der Waals surface area contributed by atoms with E-state index in [1.807, 2.05) is 11.7 Å². The molecular formula is C14H27N3O2. The molecule has 110 valence electrons. The third-order valence-electron chi connectivity index (χ3n) is 3.36. The van der Waals surface area contributed by atoms with Crippen LogP contribution >= 0.6 is 0 Å². The summed E-state index contributed by atoms with van der Waals surface area (Å²) in [6.45, 7) is 7.34. The summed E-state index contributed by atoms with van der Waals surface area (Å²) < 4.78 is 13.1. The molecule has 0 spiro atoms. The monoisotopic (exact) mass is 269 g/mol. The van der Waals surface area contributed by atoms with E-state index in [0.29, 0.717) is 5.92 Å². The Morgan fingerprint density at radius 1 is 1.37 bits per heavy atom. The largest absolute Gasteiger partial charge is 0.493 e. The van der Waals surface area contributed by atoms with Crippen LogP contribution < -0.4 is 10.1 Å². The molecule has 0 fully saturated rings. The van der Waals surface area contributed by atoms with Crippen molar-refractivity contribution < 1.29 is 9.47 Å². The van der Waals surface area contributed by atoms with Gasteiger partial charge in [0, 0.05) is 13.7 Å². The summed E-state index contributed by atoms with van der Waals surface area (Å²) in [5.41, 5.74) is 1.06. The zero-order chi connectivity index (χ0) is 14.4. The molecule has 5 heteroatoms. The van der Waals surface area contributed by atoms with Gasteiger partial charge in [0.05, 0.1) is 31.1 Å². The highest BCUT2D eigenvalue weighted by Gasteiger charge is 2.30. The number of aryl methyl sites for hydroxylation is 1. The van der Waals surface area contributed by atoms with Crippen molar-refractivity contribution in [3.63, 3.8) is 0 Å². The van der Waals surface area contributed by atoms with Crippen LogP contribution in [0.25, 0.3) is 0 Å². The van der Waals surface area contributed by atoms with Gasteiger partial charge in [0.15, 0.2) is 5.75 Å². The van der Waals surface area contributed by atoms with Gasteiger partial charge in [0.2, 0.25) is 0 Å². The average molecular weight is 269 g/mol. The molecule has 1 aromatic rings. The minimum absolute atomic E-state index is 0.0639.